The van der Waals surface area contributed by atoms with Crippen LogP contribution in [0.2, 0.25) is 0 Å². The molecule has 0 saturated heterocycles. The van der Waals surface area contributed by atoms with Crippen molar-refractivity contribution in [3.63, 3.8) is 0 Å². The number of ether oxygens (including phenoxy) is 1. The topological polar surface area (TPSA) is 79.5 Å². The van der Waals surface area contributed by atoms with E-state index in [9.17, 15) is 14.4 Å². The second kappa shape index (κ2) is 6.31. The standard InChI is InChI=1S/C18H18N2O4/c1-3-24-15(21)10-20-14-8-9-19-17(22)16(14)13-7-5-4-6-12(13)11(2)18(20)23/h4-9,11H,3,10H2,1-2H3,(H,19,22). The van der Waals surface area contributed by atoms with Crippen molar-refractivity contribution in [2.75, 3.05) is 18.1 Å². The number of carbonyl (C=O) groups excluding carboxylic acids is 2. The van der Waals surface area contributed by atoms with Crippen LogP contribution in [-0.4, -0.2) is 30.0 Å². The van der Waals surface area contributed by atoms with E-state index in [1.165, 1.54) is 11.1 Å². The Morgan fingerprint density at radius 1 is 1.25 bits per heavy atom. The minimum atomic E-state index is -0.504. The van der Waals surface area contributed by atoms with Crippen LogP contribution in [0.5, 0.6) is 0 Å². The summed E-state index contributed by atoms with van der Waals surface area (Å²) in [6.07, 6.45) is 1.48. The zero-order valence-electron chi connectivity index (χ0n) is 13.5. The molecule has 2 aromatic rings. The summed E-state index contributed by atoms with van der Waals surface area (Å²) in [5.74, 6) is -1.21. The van der Waals surface area contributed by atoms with Gasteiger partial charge in [0.25, 0.3) is 5.56 Å². The fourth-order valence-corrected chi connectivity index (χ4v) is 3.04. The third-order valence-electron chi connectivity index (χ3n) is 4.16. The highest BCUT2D eigenvalue weighted by molar-refractivity contribution is 6.07. The van der Waals surface area contributed by atoms with Gasteiger partial charge in [0.05, 0.1) is 23.8 Å². The van der Waals surface area contributed by atoms with Crippen molar-refractivity contribution in [2.24, 2.45) is 0 Å². The quantitative estimate of drug-likeness (QED) is 0.876. The molecule has 2 heterocycles. The Hall–Kier alpha value is -2.89. The Kier molecular flexibility index (Phi) is 4.20. The van der Waals surface area contributed by atoms with Crippen LogP contribution >= 0.6 is 0 Å². The molecular weight excluding hydrogens is 308 g/mol. The lowest BCUT2D eigenvalue weighted by atomic mass is 9.93. The van der Waals surface area contributed by atoms with Crippen LogP contribution in [0.1, 0.15) is 25.3 Å². The van der Waals surface area contributed by atoms with Crippen LogP contribution in [0, 0.1) is 0 Å². The summed E-state index contributed by atoms with van der Waals surface area (Å²) in [4.78, 5) is 41.3. The summed E-state index contributed by atoms with van der Waals surface area (Å²) in [6.45, 7) is 3.50. The first-order valence-corrected chi connectivity index (χ1v) is 7.82. The second-order valence-corrected chi connectivity index (χ2v) is 5.61. The molecular formula is C18H18N2O4. The van der Waals surface area contributed by atoms with E-state index < -0.39 is 11.9 Å². The van der Waals surface area contributed by atoms with Gasteiger partial charge in [-0.3, -0.25) is 19.3 Å². The zero-order chi connectivity index (χ0) is 17.3. The first kappa shape index (κ1) is 16.0. The van der Waals surface area contributed by atoms with E-state index in [1.807, 2.05) is 24.3 Å². The Bertz CT molecular complexity index is 856. The normalized spacial score (nSPS) is 16.2. The fourth-order valence-electron chi connectivity index (χ4n) is 3.04. The summed E-state index contributed by atoms with van der Waals surface area (Å²) in [5, 5.41) is 0. The number of carbonyl (C=O) groups is 2. The number of benzene rings is 1. The molecule has 1 aliphatic rings. The van der Waals surface area contributed by atoms with Crippen LogP contribution in [-0.2, 0) is 14.3 Å². The molecule has 0 saturated carbocycles. The number of H-pyrrole nitrogens is 1. The number of nitrogens with one attached hydrogen (secondary N) is 1. The van der Waals surface area contributed by atoms with Gasteiger partial charge in [-0.15, -0.1) is 0 Å². The average Bonchev–Trinajstić information content (AvgIpc) is 2.66. The van der Waals surface area contributed by atoms with Crippen molar-refractivity contribution >= 4 is 17.6 Å². The fraction of sp³-hybridized carbons (Fsp3) is 0.278. The summed E-state index contributed by atoms with van der Waals surface area (Å²) < 4.78 is 4.97. The van der Waals surface area contributed by atoms with Crippen LogP contribution in [0.25, 0.3) is 11.1 Å². The van der Waals surface area contributed by atoms with E-state index in [-0.39, 0.29) is 24.6 Å². The third-order valence-corrected chi connectivity index (χ3v) is 4.16. The largest absolute Gasteiger partial charge is 0.465 e. The molecule has 6 nitrogen and oxygen atoms in total. The smallest absolute Gasteiger partial charge is 0.326 e. The minimum absolute atomic E-state index is 0.221. The molecule has 0 fully saturated rings. The van der Waals surface area contributed by atoms with Crippen molar-refractivity contribution in [3.8, 4) is 11.1 Å². The summed E-state index contributed by atoms with van der Waals surface area (Å²) in [6, 6.07) is 8.96. The molecule has 1 aromatic carbocycles. The molecule has 1 atom stereocenters. The van der Waals surface area contributed by atoms with Crippen LogP contribution in [0.15, 0.2) is 41.3 Å². The number of amides is 1. The van der Waals surface area contributed by atoms with Gasteiger partial charge in [0.1, 0.15) is 6.54 Å². The van der Waals surface area contributed by atoms with Gasteiger partial charge >= 0.3 is 5.97 Å². The molecule has 1 aromatic heterocycles. The molecule has 0 spiro atoms. The molecule has 24 heavy (non-hydrogen) atoms. The Balaban J connectivity index is 2.22. The number of hydrogen-bond acceptors (Lipinski definition) is 4. The van der Waals surface area contributed by atoms with E-state index in [1.54, 1.807) is 19.9 Å². The monoisotopic (exact) mass is 326 g/mol. The molecule has 1 amide bonds. The van der Waals surface area contributed by atoms with E-state index in [2.05, 4.69) is 4.98 Å². The number of esters is 1. The first-order chi connectivity index (χ1) is 11.5. The van der Waals surface area contributed by atoms with Crippen molar-refractivity contribution in [2.45, 2.75) is 19.8 Å². The Morgan fingerprint density at radius 3 is 2.75 bits per heavy atom. The van der Waals surface area contributed by atoms with Crippen molar-refractivity contribution in [3.05, 3.63) is 52.4 Å². The van der Waals surface area contributed by atoms with Crippen molar-refractivity contribution in [1.82, 2.24) is 4.98 Å². The molecule has 124 valence electrons. The lowest BCUT2D eigenvalue weighted by Gasteiger charge is -2.23. The maximum Gasteiger partial charge on any atom is 0.326 e. The van der Waals surface area contributed by atoms with Crippen LogP contribution in [0.3, 0.4) is 0 Å². The number of aromatic nitrogens is 1. The van der Waals surface area contributed by atoms with Crippen molar-refractivity contribution in [1.29, 1.82) is 0 Å². The van der Waals surface area contributed by atoms with Gasteiger partial charge in [-0.25, -0.2) is 0 Å². The van der Waals surface area contributed by atoms with E-state index >= 15 is 0 Å². The minimum Gasteiger partial charge on any atom is -0.465 e. The van der Waals surface area contributed by atoms with Gasteiger partial charge in [0.15, 0.2) is 0 Å². The molecule has 1 N–H and O–H groups in total. The highest BCUT2D eigenvalue weighted by atomic mass is 16.5. The van der Waals surface area contributed by atoms with E-state index in [0.717, 1.165) is 5.56 Å². The average molecular weight is 326 g/mol. The van der Waals surface area contributed by atoms with Crippen LogP contribution in [0.4, 0.5) is 5.69 Å². The van der Waals surface area contributed by atoms with Gasteiger partial charge in [0, 0.05) is 6.20 Å². The third kappa shape index (κ3) is 2.60. The molecule has 6 heteroatoms. The maximum atomic E-state index is 12.9. The lowest BCUT2D eigenvalue weighted by Crippen LogP contribution is -2.39. The predicted octanol–water partition coefficient (Wildman–Crippen LogP) is 2.06. The molecule has 0 radical (unpaired) electrons. The van der Waals surface area contributed by atoms with E-state index in [0.29, 0.717) is 16.8 Å². The highest BCUT2D eigenvalue weighted by Crippen LogP contribution is 2.38. The first-order valence-electron chi connectivity index (χ1n) is 7.82. The van der Waals surface area contributed by atoms with Gasteiger partial charge in [-0.1, -0.05) is 24.3 Å². The molecule has 3 rings (SSSR count). The molecule has 1 unspecified atom stereocenters. The lowest BCUT2D eigenvalue weighted by molar-refractivity contribution is -0.142. The highest BCUT2D eigenvalue weighted by Gasteiger charge is 2.33. The Morgan fingerprint density at radius 2 is 2.00 bits per heavy atom. The zero-order valence-corrected chi connectivity index (χ0v) is 13.5. The van der Waals surface area contributed by atoms with Crippen molar-refractivity contribution < 1.29 is 14.3 Å². The molecule has 1 aliphatic heterocycles. The van der Waals surface area contributed by atoms with Crippen LogP contribution < -0.4 is 10.5 Å². The SMILES string of the molecule is CCOC(=O)CN1C(=O)C(C)c2ccccc2-c2c1cc[nH]c2=O. The predicted molar refractivity (Wildman–Crippen MR) is 89.9 cm³/mol. The molecule has 0 bridgehead atoms. The number of hydrogen-bond donors (Lipinski definition) is 1. The number of pyridine rings is 1. The van der Waals surface area contributed by atoms with Gasteiger partial charge in [0.2, 0.25) is 5.91 Å². The van der Waals surface area contributed by atoms with Gasteiger partial charge in [-0.05, 0) is 31.0 Å². The number of rotatable bonds is 3. The van der Waals surface area contributed by atoms with E-state index in [4.69, 9.17) is 4.74 Å². The number of anilines is 1. The van der Waals surface area contributed by atoms with Gasteiger partial charge < -0.3 is 9.72 Å². The summed E-state index contributed by atoms with van der Waals surface area (Å²) in [5.41, 5.74) is 2.01. The molecule has 0 aliphatic carbocycles. The number of aromatic amines is 1. The maximum absolute atomic E-state index is 12.9. The number of nitrogens with zero attached hydrogens (tertiary/aromatic N) is 1. The second-order valence-electron chi connectivity index (χ2n) is 5.61. The van der Waals surface area contributed by atoms with Gasteiger partial charge in [-0.2, -0.15) is 0 Å². The summed E-state index contributed by atoms with van der Waals surface area (Å²) in [7, 11) is 0. The summed E-state index contributed by atoms with van der Waals surface area (Å²) >= 11 is 0. The number of fused-ring (bicyclic) bond motifs is 3. The Labute approximate surface area is 139 Å².